The van der Waals surface area contributed by atoms with Crippen LogP contribution in [-0.4, -0.2) is 26.3 Å². The van der Waals surface area contributed by atoms with Crippen LogP contribution < -0.4 is 5.73 Å². The second-order valence-electron chi connectivity index (χ2n) is 3.87. The number of nitrogens with zero attached hydrogens (tertiary/aromatic N) is 1. The predicted molar refractivity (Wildman–Crippen MR) is 65.7 cm³/mol. The van der Waals surface area contributed by atoms with Crippen LogP contribution in [-0.2, 0) is 10.0 Å². The van der Waals surface area contributed by atoms with Crippen LogP contribution in [0.15, 0.2) is 23.1 Å². The fraction of sp³-hybridized carbons (Fsp3) is 0.455. The molecular formula is C11H18N2O2S. The number of sulfonamides is 1. The van der Waals surface area contributed by atoms with E-state index in [1.165, 1.54) is 4.31 Å². The molecule has 0 saturated carbocycles. The Balaban J connectivity index is 3.17. The van der Waals surface area contributed by atoms with E-state index in [1.54, 1.807) is 25.2 Å². The van der Waals surface area contributed by atoms with Gasteiger partial charge in [0.2, 0.25) is 10.0 Å². The summed E-state index contributed by atoms with van der Waals surface area (Å²) >= 11 is 0. The summed E-state index contributed by atoms with van der Waals surface area (Å²) in [4.78, 5) is 0.189. The Hall–Kier alpha value is -1.07. The van der Waals surface area contributed by atoms with Crippen molar-refractivity contribution in [2.45, 2.75) is 25.2 Å². The fourth-order valence-corrected chi connectivity index (χ4v) is 2.86. The molecule has 0 radical (unpaired) electrons. The van der Waals surface area contributed by atoms with Gasteiger partial charge in [-0.25, -0.2) is 12.7 Å². The van der Waals surface area contributed by atoms with Crippen molar-refractivity contribution >= 4 is 15.7 Å². The molecule has 0 fully saturated rings. The van der Waals surface area contributed by atoms with Gasteiger partial charge in [-0.05, 0) is 31.0 Å². The van der Waals surface area contributed by atoms with Crippen LogP contribution >= 0.6 is 0 Å². The summed E-state index contributed by atoms with van der Waals surface area (Å²) in [7, 11) is -1.87. The van der Waals surface area contributed by atoms with Crippen LogP contribution in [0.5, 0.6) is 0 Å². The van der Waals surface area contributed by atoms with E-state index in [4.69, 9.17) is 5.73 Å². The van der Waals surface area contributed by atoms with Crippen molar-refractivity contribution in [1.82, 2.24) is 4.31 Å². The van der Waals surface area contributed by atoms with Gasteiger partial charge in [-0.15, -0.1) is 0 Å². The molecule has 0 aliphatic rings. The predicted octanol–water partition coefficient (Wildman–Crippen LogP) is 1.61. The number of benzene rings is 1. The standard InChI is InChI=1S/C11H18N2O2S/c1-4-7-13(3)16(14,15)11-6-5-9(2)8-10(11)12/h5-6,8H,4,7,12H2,1-3H3. The average molecular weight is 242 g/mol. The van der Waals surface area contributed by atoms with Gasteiger partial charge in [-0.2, -0.15) is 0 Å². The first-order valence-corrected chi connectivity index (χ1v) is 6.66. The van der Waals surface area contributed by atoms with Crippen molar-refractivity contribution in [1.29, 1.82) is 0 Å². The van der Waals surface area contributed by atoms with Crippen LogP contribution in [0.4, 0.5) is 5.69 Å². The second-order valence-corrected chi connectivity index (χ2v) is 5.88. The van der Waals surface area contributed by atoms with Gasteiger partial charge in [0, 0.05) is 13.6 Å². The lowest BCUT2D eigenvalue weighted by atomic mass is 10.2. The molecule has 4 nitrogen and oxygen atoms in total. The third-order valence-corrected chi connectivity index (χ3v) is 4.32. The highest BCUT2D eigenvalue weighted by atomic mass is 32.2. The Labute approximate surface area is 97.1 Å². The van der Waals surface area contributed by atoms with Gasteiger partial charge >= 0.3 is 0 Å². The van der Waals surface area contributed by atoms with E-state index in [-0.39, 0.29) is 4.90 Å². The molecule has 2 N–H and O–H groups in total. The highest BCUT2D eigenvalue weighted by molar-refractivity contribution is 7.89. The number of hydrogen-bond donors (Lipinski definition) is 1. The molecule has 0 spiro atoms. The first-order chi connectivity index (χ1) is 7.39. The van der Waals surface area contributed by atoms with Crippen molar-refractivity contribution in [3.8, 4) is 0 Å². The number of nitrogens with two attached hydrogens (primary N) is 1. The van der Waals surface area contributed by atoms with Gasteiger partial charge in [0.05, 0.1) is 5.69 Å². The summed E-state index contributed by atoms with van der Waals surface area (Å²) in [5.41, 5.74) is 7.00. The van der Waals surface area contributed by atoms with Crippen molar-refractivity contribution in [3.05, 3.63) is 23.8 Å². The van der Waals surface area contributed by atoms with Gasteiger partial charge in [0.15, 0.2) is 0 Å². The monoisotopic (exact) mass is 242 g/mol. The van der Waals surface area contributed by atoms with Crippen LogP contribution in [0.25, 0.3) is 0 Å². The molecule has 16 heavy (non-hydrogen) atoms. The molecule has 0 amide bonds. The van der Waals surface area contributed by atoms with Crippen molar-refractivity contribution in [2.75, 3.05) is 19.3 Å². The quantitative estimate of drug-likeness (QED) is 0.816. The van der Waals surface area contributed by atoms with Crippen molar-refractivity contribution < 1.29 is 8.42 Å². The number of aryl methyl sites for hydroxylation is 1. The minimum Gasteiger partial charge on any atom is -0.398 e. The minimum atomic E-state index is -3.44. The molecule has 0 unspecified atom stereocenters. The lowest BCUT2D eigenvalue weighted by Gasteiger charge is -2.17. The molecule has 0 aromatic heterocycles. The van der Waals surface area contributed by atoms with Gasteiger partial charge in [-0.1, -0.05) is 13.0 Å². The molecule has 0 aliphatic carbocycles. The van der Waals surface area contributed by atoms with Crippen molar-refractivity contribution in [3.63, 3.8) is 0 Å². The molecule has 1 aromatic carbocycles. The van der Waals surface area contributed by atoms with E-state index in [2.05, 4.69) is 0 Å². The van der Waals surface area contributed by atoms with Crippen LogP contribution in [0.1, 0.15) is 18.9 Å². The van der Waals surface area contributed by atoms with Gasteiger partial charge in [0.1, 0.15) is 4.90 Å². The normalized spacial score (nSPS) is 12.0. The summed E-state index contributed by atoms with van der Waals surface area (Å²) in [5.74, 6) is 0. The number of anilines is 1. The molecule has 0 saturated heterocycles. The van der Waals surface area contributed by atoms with Crippen LogP contribution in [0, 0.1) is 6.92 Å². The topological polar surface area (TPSA) is 63.4 Å². The Morgan fingerprint density at radius 3 is 2.50 bits per heavy atom. The SMILES string of the molecule is CCCN(C)S(=O)(=O)c1ccc(C)cc1N. The van der Waals surface area contributed by atoms with Gasteiger partial charge < -0.3 is 5.73 Å². The average Bonchev–Trinajstić information content (AvgIpc) is 2.17. The maximum absolute atomic E-state index is 12.1. The lowest BCUT2D eigenvalue weighted by Crippen LogP contribution is -2.28. The molecule has 0 heterocycles. The summed E-state index contributed by atoms with van der Waals surface area (Å²) in [6, 6.07) is 4.99. The summed E-state index contributed by atoms with van der Waals surface area (Å²) in [6.45, 7) is 4.31. The van der Waals surface area contributed by atoms with E-state index in [0.29, 0.717) is 12.2 Å². The Kier molecular flexibility index (Phi) is 3.93. The zero-order chi connectivity index (χ0) is 12.3. The molecule has 1 aromatic rings. The summed E-state index contributed by atoms with van der Waals surface area (Å²) < 4.78 is 25.5. The Morgan fingerprint density at radius 2 is 2.00 bits per heavy atom. The maximum atomic E-state index is 12.1. The van der Waals surface area contributed by atoms with Crippen LogP contribution in [0.2, 0.25) is 0 Å². The molecule has 0 aliphatic heterocycles. The van der Waals surface area contributed by atoms with Gasteiger partial charge in [0.25, 0.3) is 0 Å². The third-order valence-electron chi connectivity index (χ3n) is 2.39. The molecule has 0 bridgehead atoms. The highest BCUT2D eigenvalue weighted by Gasteiger charge is 2.22. The molecule has 90 valence electrons. The van der Waals surface area contributed by atoms with E-state index in [1.807, 2.05) is 13.8 Å². The largest absolute Gasteiger partial charge is 0.398 e. The maximum Gasteiger partial charge on any atom is 0.244 e. The minimum absolute atomic E-state index is 0.189. The zero-order valence-corrected chi connectivity index (χ0v) is 10.7. The number of nitrogen functional groups attached to an aromatic ring is 1. The number of hydrogen-bond acceptors (Lipinski definition) is 3. The molecule has 1 rings (SSSR count). The van der Waals surface area contributed by atoms with E-state index < -0.39 is 10.0 Å². The van der Waals surface area contributed by atoms with Crippen molar-refractivity contribution in [2.24, 2.45) is 0 Å². The lowest BCUT2D eigenvalue weighted by molar-refractivity contribution is 0.469. The Bertz CT molecular complexity index is 469. The highest BCUT2D eigenvalue weighted by Crippen LogP contribution is 2.22. The summed E-state index contributed by atoms with van der Waals surface area (Å²) in [6.07, 6.45) is 0.779. The van der Waals surface area contributed by atoms with E-state index >= 15 is 0 Å². The first-order valence-electron chi connectivity index (χ1n) is 5.22. The zero-order valence-electron chi connectivity index (χ0n) is 9.90. The van der Waals surface area contributed by atoms with Gasteiger partial charge in [-0.3, -0.25) is 0 Å². The number of rotatable bonds is 4. The Morgan fingerprint density at radius 1 is 1.38 bits per heavy atom. The fourth-order valence-electron chi connectivity index (χ4n) is 1.51. The smallest absolute Gasteiger partial charge is 0.244 e. The first kappa shape index (κ1) is 13.0. The summed E-state index contributed by atoms with van der Waals surface area (Å²) in [5, 5.41) is 0. The molecular weight excluding hydrogens is 224 g/mol. The van der Waals surface area contributed by atoms with Crippen LogP contribution in [0.3, 0.4) is 0 Å². The second kappa shape index (κ2) is 4.84. The van der Waals surface area contributed by atoms with E-state index in [0.717, 1.165) is 12.0 Å². The molecule has 5 heteroatoms. The molecule has 0 atom stereocenters. The van der Waals surface area contributed by atoms with E-state index in [9.17, 15) is 8.42 Å². The third kappa shape index (κ3) is 2.54.